The van der Waals surface area contributed by atoms with E-state index in [1.54, 1.807) is 0 Å². The molecule has 0 aromatic carbocycles. The van der Waals surface area contributed by atoms with E-state index in [0.717, 1.165) is 0 Å². The van der Waals surface area contributed by atoms with Crippen molar-refractivity contribution in [2.75, 3.05) is 13.1 Å². The molecule has 0 unspecified atom stereocenters. The topological polar surface area (TPSA) is 117 Å². The minimum atomic E-state index is -0.651. The fourth-order valence-electron chi connectivity index (χ4n) is 1.04. The first-order valence-corrected chi connectivity index (χ1v) is 4.60. The maximum atomic E-state index is 11.4. The van der Waals surface area contributed by atoms with Crippen LogP contribution in [-0.2, 0) is 0 Å². The maximum Gasteiger partial charge on any atom is 0.312 e. The highest BCUT2D eigenvalue weighted by Crippen LogP contribution is 1.88. The van der Waals surface area contributed by atoms with Gasteiger partial charge in [-0.2, -0.15) is 0 Å². The van der Waals surface area contributed by atoms with Crippen LogP contribution in [0.1, 0.15) is 10.5 Å². The summed E-state index contributed by atoms with van der Waals surface area (Å²) in [5, 5.41) is 4.82. The number of urea groups is 1. The Labute approximate surface area is 91.0 Å². The molecule has 1 heterocycles. The lowest BCUT2D eigenvalue weighted by Gasteiger charge is -2.04. The summed E-state index contributed by atoms with van der Waals surface area (Å²) in [5.74, 6) is -0.413. The Bertz CT molecular complexity index is 440. The molecule has 1 aromatic rings. The van der Waals surface area contributed by atoms with Gasteiger partial charge in [-0.05, 0) is 6.07 Å². The van der Waals surface area contributed by atoms with Crippen molar-refractivity contribution in [1.29, 1.82) is 0 Å². The van der Waals surface area contributed by atoms with E-state index in [4.69, 9.17) is 5.73 Å². The van der Waals surface area contributed by atoms with Crippen LogP contribution in [0.25, 0.3) is 0 Å². The molecule has 0 aliphatic heterocycles. The van der Waals surface area contributed by atoms with E-state index in [9.17, 15) is 14.4 Å². The number of aromatic nitrogens is 1. The normalized spacial score (nSPS) is 9.50. The van der Waals surface area contributed by atoms with Gasteiger partial charge in [0.15, 0.2) is 0 Å². The molecule has 1 aromatic heterocycles. The van der Waals surface area contributed by atoms with Crippen molar-refractivity contribution >= 4 is 11.9 Å². The number of hydrogen-bond acceptors (Lipinski definition) is 3. The summed E-state index contributed by atoms with van der Waals surface area (Å²) in [4.78, 5) is 35.0. The van der Waals surface area contributed by atoms with Gasteiger partial charge in [0.25, 0.3) is 5.91 Å². The van der Waals surface area contributed by atoms with Crippen LogP contribution < -0.4 is 21.9 Å². The molecule has 0 saturated carbocycles. The molecule has 1 rings (SSSR count). The number of carbonyl (C=O) groups is 2. The third-order valence-corrected chi connectivity index (χ3v) is 1.72. The van der Waals surface area contributed by atoms with E-state index in [-0.39, 0.29) is 24.3 Å². The van der Waals surface area contributed by atoms with Crippen molar-refractivity contribution in [3.05, 3.63) is 34.2 Å². The fraction of sp³-hybridized carbons (Fsp3) is 0.222. The van der Waals surface area contributed by atoms with E-state index in [2.05, 4.69) is 15.6 Å². The zero-order valence-corrected chi connectivity index (χ0v) is 8.45. The molecule has 0 saturated heterocycles. The second-order valence-corrected chi connectivity index (χ2v) is 2.98. The number of H-pyrrole nitrogens is 1. The number of aromatic amines is 1. The summed E-state index contributed by atoms with van der Waals surface area (Å²) in [6, 6.07) is 3.63. The first kappa shape index (κ1) is 11.8. The Balaban J connectivity index is 2.41. The molecule has 3 amide bonds. The third-order valence-electron chi connectivity index (χ3n) is 1.72. The minimum absolute atomic E-state index is 0.173. The van der Waals surface area contributed by atoms with E-state index >= 15 is 0 Å². The van der Waals surface area contributed by atoms with Crippen LogP contribution in [0.4, 0.5) is 4.79 Å². The number of rotatable bonds is 4. The highest BCUT2D eigenvalue weighted by atomic mass is 16.2. The zero-order chi connectivity index (χ0) is 12.0. The Kier molecular flexibility index (Phi) is 4.07. The van der Waals surface area contributed by atoms with Gasteiger partial charge in [0.2, 0.25) is 5.56 Å². The van der Waals surface area contributed by atoms with E-state index in [0.29, 0.717) is 0 Å². The molecule has 86 valence electrons. The molecule has 7 heteroatoms. The summed E-state index contributed by atoms with van der Waals surface area (Å²) in [5.41, 5.74) is 4.66. The van der Waals surface area contributed by atoms with E-state index < -0.39 is 11.9 Å². The smallest absolute Gasteiger partial charge is 0.312 e. The van der Waals surface area contributed by atoms with E-state index in [1.165, 1.54) is 18.2 Å². The van der Waals surface area contributed by atoms with Gasteiger partial charge in [-0.3, -0.25) is 9.59 Å². The molecule has 7 nitrogen and oxygen atoms in total. The van der Waals surface area contributed by atoms with Crippen molar-refractivity contribution < 1.29 is 9.59 Å². The van der Waals surface area contributed by atoms with Gasteiger partial charge in [-0.15, -0.1) is 0 Å². The maximum absolute atomic E-state index is 11.4. The standard InChI is InChI=1S/C9H12N4O3/c10-9(16)12-5-4-11-8(15)6-2-1-3-7(14)13-6/h1-3H,4-5H2,(H,11,15)(H,13,14)(H3,10,12,16). The molecule has 0 aliphatic rings. The highest BCUT2D eigenvalue weighted by molar-refractivity contribution is 5.92. The van der Waals surface area contributed by atoms with Gasteiger partial charge in [-0.1, -0.05) is 6.07 Å². The summed E-state index contributed by atoms with van der Waals surface area (Å²) < 4.78 is 0. The highest BCUT2D eigenvalue weighted by Gasteiger charge is 2.04. The molecule has 0 aliphatic carbocycles. The Hall–Kier alpha value is -2.31. The molecule has 0 fully saturated rings. The van der Waals surface area contributed by atoms with Gasteiger partial charge in [0.1, 0.15) is 5.69 Å². The van der Waals surface area contributed by atoms with Crippen LogP contribution in [0.2, 0.25) is 0 Å². The van der Waals surface area contributed by atoms with Crippen LogP contribution >= 0.6 is 0 Å². The van der Waals surface area contributed by atoms with Crippen LogP contribution in [0.5, 0.6) is 0 Å². The van der Waals surface area contributed by atoms with Gasteiger partial charge in [-0.25, -0.2) is 4.79 Å². The SMILES string of the molecule is NC(=O)NCCNC(=O)c1cccc(=O)[nH]1. The van der Waals surface area contributed by atoms with Gasteiger partial charge in [0, 0.05) is 19.2 Å². The lowest BCUT2D eigenvalue weighted by molar-refractivity contribution is 0.0948. The monoisotopic (exact) mass is 224 g/mol. The van der Waals surface area contributed by atoms with Crippen molar-refractivity contribution in [1.82, 2.24) is 15.6 Å². The molecule has 0 atom stereocenters. The average Bonchev–Trinajstić information content (AvgIpc) is 2.24. The van der Waals surface area contributed by atoms with Crippen LogP contribution in [0.3, 0.4) is 0 Å². The van der Waals surface area contributed by atoms with Crippen molar-refractivity contribution in [3.63, 3.8) is 0 Å². The molecule has 0 bridgehead atoms. The molecule has 16 heavy (non-hydrogen) atoms. The minimum Gasteiger partial charge on any atom is -0.352 e. The number of primary amides is 1. The van der Waals surface area contributed by atoms with Gasteiger partial charge < -0.3 is 21.4 Å². The average molecular weight is 224 g/mol. The number of hydrogen-bond donors (Lipinski definition) is 4. The second kappa shape index (κ2) is 5.54. The number of nitrogens with two attached hydrogens (primary N) is 1. The number of nitrogens with one attached hydrogen (secondary N) is 3. The predicted molar refractivity (Wildman–Crippen MR) is 57.0 cm³/mol. The fourth-order valence-corrected chi connectivity index (χ4v) is 1.04. The predicted octanol–water partition coefficient (Wildman–Crippen LogP) is -1.23. The van der Waals surface area contributed by atoms with Gasteiger partial charge in [0.05, 0.1) is 0 Å². The molecule has 0 radical (unpaired) electrons. The molecular weight excluding hydrogens is 212 g/mol. The summed E-state index contributed by atoms with van der Waals surface area (Å²) in [7, 11) is 0. The van der Waals surface area contributed by atoms with Crippen LogP contribution in [0.15, 0.2) is 23.0 Å². The lowest BCUT2D eigenvalue weighted by atomic mass is 10.3. The molecule has 0 spiro atoms. The quantitative estimate of drug-likeness (QED) is 0.480. The molecular formula is C9H12N4O3. The Morgan fingerprint density at radius 1 is 1.25 bits per heavy atom. The van der Waals surface area contributed by atoms with Crippen molar-refractivity contribution in [3.8, 4) is 0 Å². The Morgan fingerprint density at radius 2 is 1.94 bits per heavy atom. The lowest BCUT2D eigenvalue weighted by Crippen LogP contribution is -2.37. The third kappa shape index (κ3) is 3.82. The summed E-state index contributed by atoms with van der Waals surface area (Å²) in [6.45, 7) is 0.469. The first-order valence-electron chi connectivity index (χ1n) is 4.60. The van der Waals surface area contributed by atoms with Crippen LogP contribution in [-0.4, -0.2) is 30.0 Å². The number of carbonyl (C=O) groups excluding carboxylic acids is 2. The van der Waals surface area contributed by atoms with E-state index in [1.807, 2.05) is 0 Å². The van der Waals surface area contributed by atoms with Crippen molar-refractivity contribution in [2.24, 2.45) is 5.73 Å². The summed E-state index contributed by atoms with van der Waals surface area (Å²) in [6.07, 6.45) is 0. The number of pyridine rings is 1. The van der Waals surface area contributed by atoms with Gasteiger partial charge >= 0.3 is 6.03 Å². The van der Waals surface area contributed by atoms with Crippen molar-refractivity contribution in [2.45, 2.75) is 0 Å². The zero-order valence-electron chi connectivity index (χ0n) is 8.45. The Morgan fingerprint density at radius 3 is 2.56 bits per heavy atom. The second-order valence-electron chi connectivity index (χ2n) is 2.98. The first-order chi connectivity index (χ1) is 7.59. The van der Waals surface area contributed by atoms with Crippen LogP contribution in [0, 0.1) is 0 Å². The summed E-state index contributed by atoms with van der Waals surface area (Å²) >= 11 is 0. The number of amides is 3. The molecule has 5 N–H and O–H groups in total. The largest absolute Gasteiger partial charge is 0.352 e.